The monoisotopic (exact) mass is 431 g/mol. The average molecular weight is 431 g/mol. The molecule has 1 heterocycles. The molecule has 0 spiro atoms. The van der Waals surface area contributed by atoms with Crippen molar-refractivity contribution in [3.05, 3.63) is 29.8 Å². The second kappa shape index (κ2) is 8.76. The third kappa shape index (κ3) is 6.20. The molecule has 1 aliphatic rings. The number of guanidine groups is 1. The van der Waals surface area contributed by atoms with Crippen LogP contribution < -0.4 is 10.1 Å². The minimum atomic E-state index is 0. The maximum atomic E-state index is 5.67. The molecule has 1 aromatic carbocycles. The van der Waals surface area contributed by atoms with Crippen LogP contribution in [0.25, 0.3) is 0 Å². The first kappa shape index (κ1) is 20.1. The fraction of sp³-hybridized carbons (Fsp3) is 0.611. The zero-order valence-corrected chi connectivity index (χ0v) is 17.3. The maximum Gasteiger partial charge on any atom is 0.193 e. The Morgan fingerprint density at radius 3 is 2.43 bits per heavy atom. The van der Waals surface area contributed by atoms with Crippen LogP contribution in [0.1, 0.15) is 39.7 Å². The van der Waals surface area contributed by atoms with Gasteiger partial charge in [-0.3, -0.25) is 4.99 Å². The first-order chi connectivity index (χ1) is 10.4. The van der Waals surface area contributed by atoms with Crippen LogP contribution in [0.5, 0.6) is 5.75 Å². The van der Waals surface area contributed by atoms with Gasteiger partial charge in [0.25, 0.3) is 0 Å². The second-order valence-electron chi connectivity index (χ2n) is 7.05. The van der Waals surface area contributed by atoms with Crippen molar-refractivity contribution >= 4 is 29.9 Å². The number of nitrogens with zero attached hydrogens (tertiary/aromatic N) is 2. The molecule has 0 unspecified atom stereocenters. The third-order valence-corrected chi connectivity index (χ3v) is 3.93. The molecule has 0 aliphatic carbocycles. The van der Waals surface area contributed by atoms with Gasteiger partial charge in [0, 0.05) is 26.7 Å². The SMILES string of the molecule is CN=C(NCc1ccc(OC(C)C)cc1)N1CCC(C)(C)C1.I. The van der Waals surface area contributed by atoms with Gasteiger partial charge in [0.15, 0.2) is 5.96 Å². The van der Waals surface area contributed by atoms with Crippen molar-refractivity contribution in [3.8, 4) is 5.75 Å². The highest BCUT2D eigenvalue weighted by Crippen LogP contribution is 2.28. The lowest BCUT2D eigenvalue weighted by atomic mass is 9.93. The molecule has 0 radical (unpaired) electrons. The van der Waals surface area contributed by atoms with Crippen molar-refractivity contribution in [1.82, 2.24) is 10.2 Å². The van der Waals surface area contributed by atoms with Crippen LogP contribution in [-0.4, -0.2) is 37.1 Å². The number of benzene rings is 1. The van der Waals surface area contributed by atoms with E-state index in [0.717, 1.165) is 31.3 Å². The van der Waals surface area contributed by atoms with E-state index < -0.39 is 0 Å². The van der Waals surface area contributed by atoms with Gasteiger partial charge in [0.2, 0.25) is 0 Å². The smallest absolute Gasteiger partial charge is 0.193 e. The summed E-state index contributed by atoms with van der Waals surface area (Å²) in [5.41, 5.74) is 1.61. The largest absolute Gasteiger partial charge is 0.491 e. The van der Waals surface area contributed by atoms with Gasteiger partial charge in [0.05, 0.1) is 6.10 Å². The Hall–Kier alpha value is -0.980. The number of rotatable bonds is 4. The summed E-state index contributed by atoms with van der Waals surface area (Å²) in [5, 5.41) is 3.46. The van der Waals surface area contributed by atoms with Crippen LogP contribution >= 0.6 is 24.0 Å². The summed E-state index contributed by atoms with van der Waals surface area (Å²) in [6, 6.07) is 8.26. The summed E-state index contributed by atoms with van der Waals surface area (Å²) in [4.78, 5) is 6.76. The number of hydrogen-bond acceptors (Lipinski definition) is 2. The number of hydrogen-bond donors (Lipinski definition) is 1. The molecule has 0 saturated carbocycles. The normalized spacial score (nSPS) is 17.1. The molecule has 0 bridgehead atoms. The van der Waals surface area contributed by atoms with Gasteiger partial charge in [0.1, 0.15) is 5.75 Å². The molecule has 0 aromatic heterocycles. The lowest BCUT2D eigenvalue weighted by molar-refractivity contribution is 0.242. The fourth-order valence-electron chi connectivity index (χ4n) is 2.76. The van der Waals surface area contributed by atoms with Crippen LogP contribution in [0.15, 0.2) is 29.3 Å². The van der Waals surface area contributed by atoms with Gasteiger partial charge in [-0.05, 0) is 43.4 Å². The topological polar surface area (TPSA) is 36.9 Å². The van der Waals surface area contributed by atoms with Gasteiger partial charge in [-0.1, -0.05) is 26.0 Å². The van der Waals surface area contributed by atoms with Crippen molar-refractivity contribution in [1.29, 1.82) is 0 Å². The van der Waals surface area contributed by atoms with Gasteiger partial charge in [-0.2, -0.15) is 0 Å². The molecule has 2 rings (SSSR count). The van der Waals surface area contributed by atoms with Crippen molar-refractivity contribution in [3.63, 3.8) is 0 Å². The van der Waals surface area contributed by atoms with E-state index in [1.165, 1.54) is 12.0 Å². The molecule has 130 valence electrons. The Morgan fingerprint density at radius 2 is 1.96 bits per heavy atom. The van der Waals surface area contributed by atoms with E-state index in [0.29, 0.717) is 5.41 Å². The molecule has 1 aliphatic heterocycles. The predicted octanol–water partition coefficient (Wildman–Crippen LogP) is 3.90. The molecular weight excluding hydrogens is 401 g/mol. The highest BCUT2D eigenvalue weighted by atomic mass is 127. The Balaban J connectivity index is 0.00000264. The van der Waals surface area contributed by atoms with Crippen LogP contribution in [0.2, 0.25) is 0 Å². The van der Waals surface area contributed by atoms with E-state index in [1.807, 2.05) is 33.0 Å². The summed E-state index contributed by atoms with van der Waals surface area (Å²) in [6.45, 7) is 11.6. The molecule has 1 fully saturated rings. The van der Waals surface area contributed by atoms with Crippen molar-refractivity contribution in [2.45, 2.75) is 46.8 Å². The summed E-state index contributed by atoms with van der Waals surface area (Å²) < 4.78 is 5.67. The van der Waals surface area contributed by atoms with Gasteiger partial charge in [-0.25, -0.2) is 0 Å². The van der Waals surface area contributed by atoms with Crippen LogP contribution in [0, 0.1) is 5.41 Å². The molecule has 1 aromatic rings. The Labute approximate surface area is 157 Å². The minimum absolute atomic E-state index is 0. The van der Waals surface area contributed by atoms with E-state index in [4.69, 9.17) is 4.74 Å². The van der Waals surface area contributed by atoms with Gasteiger partial charge < -0.3 is 15.0 Å². The number of halogens is 1. The summed E-state index contributed by atoms with van der Waals surface area (Å²) in [7, 11) is 1.85. The zero-order chi connectivity index (χ0) is 16.2. The Bertz CT molecular complexity index is 512. The van der Waals surface area contributed by atoms with Crippen molar-refractivity contribution in [2.24, 2.45) is 10.4 Å². The Kier molecular flexibility index (Phi) is 7.64. The first-order valence-electron chi connectivity index (χ1n) is 8.11. The maximum absolute atomic E-state index is 5.67. The molecule has 4 nitrogen and oxygen atoms in total. The number of nitrogens with one attached hydrogen (secondary N) is 1. The summed E-state index contributed by atoms with van der Waals surface area (Å²) in [6.07, 6.45) is 1.43. The lowest BCUT2D eigenvalue weighted by Gasteiger charge is -2.23. The number of likely N-dealkylation sites (tertiary alicyclic amines) is 1. The van der Waals surface area contributed by atoms with Crippen LogP contribution in [0.4, 0.5) is 0 Å². The van der Waals surface area contributed by atoms with Crippen LogP contribution in [-0.2, 0) is 6.54 Å². The molecule has 0 amide bonds. The average Bonchev–Trinajstić information content (AvgIpc) is 2.81. The highest BCUT2D eigenvalue weighted by molar-refractivity contribution is 14.0. The lowest BCUT2D eigenvalue weighted by Crippen LogP contribution is -2.40. The first-order valence-corrected chi connectivity index (χ1v) is 8.11. The van der Waals surface area contributed by atoms with Crippen molar-refractivity contribution < 1.29 is 4.74 Å². The molecule has 1 N–H and O–H groups in total. The van der Waals surface area contributed by atoms with E-state index in [1.54, 1.807) is 0 Å². The van der Waals surface area contributed by atoms with E-state index >= 15 is 0 Å². The molecule has 5 heteroatoms. The molecular formula is C18H30IN3O. The quantitative estimate of drug-likeness (QED) is 0.447. The van der Waals surface area contributed by atoms with Gasteiger partial charge in [-0.15, -0.1) is 24.0 Å². The van der Waals surface area contributed by atoms with E-state index in [-0.39, 0.29) is 30.1 Å². The standard InChI is InChI=1S/C18H29N3O.HI/c1-14(2)22-16-8-6-15(7-9-16)12-20-17(19-5)21-11-10-18(3,4)13-21;/h6-9,14H,10-13H2,1-5H3,(H,19,20);1H. The van der Waals surface area contributed by atoms with E-state index in [9.17, 15) is 0 Å². The number of ether oxygens (including phenoxy) is 1. The molecule has 0 atom stereocenters. The predicted molar refractivity (Wildman–Crippen MR) is 108 cm³/mol. The third-order valence-electron chi connectivity index (χ3n) is 3.93. The minimum Gasteiger partial charge on any atom is -0.491 e. The fourth-order valence-corrected chi connectivity index (χ4v) is 2.76. The van der Waals surface area contributed by atoms with Crippen LogP contribution in [0.3, 0.4) is 0 Å². The Morgan fingerprint density at radius 1 is 1.30 bits per heavy atom. The molecule has 23 heavy (non-hydrogen) atoms. The summed E-state index contributed by atoms with van der Waals surface area (Å²) >= 11 is 0. The zero-order valence-electron chi connectivity index (χ0n) is 14.9. The summed E-state index contributed by atoms with van der Waals surface area (Å²) in [5.74, 6) is 1.91. The van der Waals surface area contributed by atoms with Crippen molar-refractivity contribution in [2.75, 3.05) is 20.1 Å². The number of aliphatic imine (C=N–C) groups is 1. The van der Waals surface area contributed by atoms with E-state index in [2.05, 4.69) is 41.2 Å². The highest BCUT2D eigenvalue weighted by Gasteiger charge is 2.30. The molecule has 1 saturated heterocycles. The van der Waals surface area contributed by atoms with Gasteiger partial charge >= 0.3 is 0 Å². The second-order valence-corrected chi connectivity index (χ2v) is 7.05.